The minimum atomic E-state index is -0.968. The first kappa shape index (κ1) is 16.8. The van der Waals surface area contributed by atoms with Crippen LogP contribution in [0.15, 0.2) is 64.8 Å². The third kappa shape index (κ3) is 4.07. The molecule has 0 amide bonds. The van der Waals surface area contributed by atoms with Crippen LogP contribution in [0.2, 0.25) is 0 Å². The highest BCUT2D eigenvalue weighted by Crippen LogP contribution is 2.34. The summed E-state index contributed by atoms with van der Waals surface area (Å²) in [7, 11) is 0. The number of rotatable bonds is 5. The van der Waals surface area contributed by atoms with Crippen molar-refractivity contribution in [2.45, 2.75) is 16.8 Å². The summed E-state index contributed by atoms with van der Waals surface area (Å²) < 4.78 is 0. The van der Waals surface area contributed by atoms with Crippen molar-refractivity contribution in [2.75, 3.05) is 11.1 Å². The molecule has 2 aromatic carbocycles. The van der Waals surface area contributed by atoms with E-state index < -0.39 is 5.97 Å². The Balaban J connectivity index is 1.80. The Morgan fingerprint density at radius 3 is 2.40 bits per heavy atom. The van der Waals surface area contributed by atoms with Gasteiger partial charge in [0.05, 0.1) is 5.56 Å². The lowest BCUT2D eigenvalue weighted by Crippen LogP contribution is -2.03. The number of carbonyl (C=O) groups is 1. The van der Waals surface area contributed by atoms with Crippen molar-refractivity contribution in [3.63, 3.8) is 0 Å². The van der Waals surface area contributed by atoms with Crippen LogP contribution in [-0.2, 0) is 0 Å². The minimum Gasteiger partial charge on any atom is -0.478 e. The molecular formula is C18H16N4O2S. The first-order valence-corrected chi connectivity index (χ1v) is 8.30. The number of nitrogens with zero attached hydrogens (tertiary/aromatic N) is 2. The SMILES string of the molecule is Cc1ccc(Sc2ncnc(Nc3ccc(C(=O)O)cc3)c2N)cc1. The average molecular weight is 352 g/mol. The molecule has 0 aliphatic heterocycles. The second kappa shape index (κ2) is 7.23. The number of nitrogens with one attached hydrogen (secondary N) is 1. The van der Waals surface area contributed by atoms with Crippen LogP contribution < -0.4 is 11.1 Å². The molecule has 1 heterocycles. The lowest BCUT2D eigenvalue weighted by molar-refractivity contribution is 0.0697. The standard InChI is InChI=1S/C18H16N4O2S/c1-11-2-8-14(9-3-11)25-17-15(19)16(20-10-21-17)22-13-6-4-12(5-7-13)18(23)24/h2-10H,19H2,1H3,(H,23,24)(H,20,21,22). The summed E-state index contributed by atoms with van der Waals surface area (Å²) in [4.78, 5) is 20.4. The molecule has 0 bridgehead atoms. The van der Waals surface area contributed by atoms with Crippen LogP contribution in [0.1, 0.15) is 15.9 Å². The van der Waals surface area contributed by atoms with Gasteiger partial charge in [-0.1, -0.05) is 29.5 Å². The van der Waals surface area contributed by atoms with Gasteiger partial charge in [-0.15, -0.1) is 0 Å². The number of aromatic carboxylic acids is 1. The van der Waals surface area contributed by atoms with E-state index in [-0.39, 0.29) is 5.56 Å². The van der Waals surface area contributed by atoms with Gasteiger partial charge in [0.25, 0.3) is 0 Å². The van der Waals surface area contributed by atoms with Gasteiger partial charge in [0.1, 0.15) is 17.0 Å². The highest BCUT2D eigenvalue weighted by Gasteiger charge is 2.10. The number of anilines is 3. The smallest absolute Gasteiger partial charge is 0.335 e. The number of hydrogen-bond acceptors (Lipinski definition) is 6. The van der Waals surface area contributed by atoms with Crippen molar-refractivity contribution in [2.24, 2.45) is 0 Å². The zero-order chi connectivity index (χ0) is 17.8. The average Bonchev–Trinajstić information content (AvgIpc) is 2.61. The zero-order valence-electron chi connectivity index (χ0n) is 13.4. The van der Waals surface area contributed by atoms with Gasteiger partial charge in [0, 0.05) is 10.6 Å². The monoisotopic (exact) mass is 352 g/mol. The fourth-order valence-corrected chi connectivity index (χ4v) is 2.91. The number of hydrogen-bond donors (Lipinski definition) is 3. The number of aryl methyl sites for hydroxylation is 1. The summed E-state index contributed by atoms with van der Waals surface area (Å²) in [5.74, 6) is -0.488. The predicted octanol–water partition coefficient (Wildman–Crippen LogP) is 3.96. The predicted molar refractivity (Wildman–Crippen MR) is 98.4 cm³/mol. The molecule has 0 aliphatic carbocycles. The molecule has 126 valence electrons. The lowest BCUT2D eigenvalue weighted by atomic mass is 10.2. The van der Waals surface area contributed by atoms with Crippen molar-refractivity contribution < 1.29 is 9.90 Å². The van der Waals surface area contributed by atoms with Crippen LogP contribution in [0.3, 0.4) is 0 Å². The normalized spacial score (nSPS) is 10.4. The maximum absolute atomic E-state index is 10.9. The summed E-state index contributed by atoms with van der Waals surface area (Å²) >= 11 is 1.46. The molecular weight excluding hydrogens is 336 g/mol. The summed E-state index contributed by atoms with van der Waals surface area (Å²) in [5, 5.41) is 12.7. The Morgan fingerprint density at radius 2 is 1.76 bits per heavy atom. The number of benzene rings is 2. The van der Waals surface area contributed by atoms with Crippen molar-refractivity contribution in [1.82, 2.24) is 9.97 Å². The second-order valence-electron chi connectivity index (χ2n) is 5.36. The van der Waals surface area contributed by atoms with Gasteiger partial charge >= 0.3 is 5.97 Å². The first-order chi connectivity index (χ1) is 12.0. The van der Waals surface area contributed by atoms with Gasteiger partial charge < -0.3 is 16.2 Å². The molecule has 3 rings (SSSR count). The largest absolute Gasteiger partial charge is 0.478 e. The van der Waals surface area contributed by atoms with Gasteiger partial charge in [0.2, 0.25) is 0 Å². The first-order valence-electron chi connectivity index (χ1n) is 7.48. The molecule has 25 heavy (non-hydrogen) atoms. The fourth-order valence-electron chi connectivity index (χ4n) is 2.11. The second-order valence-corrected chi connectivity index (χ2v) is 6.43. The van der Waals surface area contributed by atoms with Gasteiger partial charge in [-0.2, -0.15) is 0 Å². The molecule has 0 fully saturated rings. The number of nitrogens with two attached hydrogens (primary N) is 1. The Morgan fingerprint density at radius 1 is 1.08 bits per heavy atom. The molecule has 3 aromatic rings. The number of carboxylic acid groups (broad SMARTS) is 1. The maximum atomic E-state index is 10.9. The quantitative estimate of drug-likeness (QED) is 0.597. The summed E-state index contributed by atoms with van der Waals surface area (Å²) in [6.45, 7) is 2.03. The van der Waals surface area contributed by atoms with Gasteiger partial charge in [0.15, 0.2) is 5.82 Å². The van der Waals surface area contributed by atoms with Crippen LogP contribution in [-0.4, -0.2) is 21.0 Å². The fraction of sp³-hybridized carbons (Fsp3) is 0.0556. The molecule has 7 heteroatoms. The third-order valence-electron chi connectivity index (χ3n) is 3.48. The summed E-state index contributed by atoms with van der Waals surface area (Å²) in [6, 6.07) is 14.5. The highest BCUT2D eigenvalue weighted by molar-refractivity contribution is 7.99. The van der Waals surface area contributed by atoms with E-state index in [1.807, 2.05) is 31.2 Å². The van der Waals surface area contributed by atoms with Crippen molar-refractivity contribution >= 4 is 34.9 Å². The van der Waals surface area contributed by atoms with Crippen LogP contribution >= 0.6 is 11.8 Å². The summed E-state index contributed by atoms with van der Waals surface area (Å²) in [6.07, 6.45) is 1.45. The van der Waals surface area contributed by atoms with Crippen LogP contribution in [0.4, 0.5) is 17.2 Å². The Kier molecular flexibility index (Phi) is 4.85. The number of carboxylic acids is 1. The van der Waals surface area contributed by atoms with E-state index in [1.54, 1.807) is 12.1 Å². The molecule has 0 atom stereocenters. The van der Waals surface area contributed by atoms with Crippen LogP contribution in [0.25, 0.3) is 0 Å². The van der Waals surface area contributed by atoms with E-state index in [1.165, 1.54) is 35.8 Å². The third-order valence-corrected chi connectivity index (χ3v) is 4.50. The van der Waals surface area contributed by atoms with E-state index >= 15 is 0 Å². The molecule has 0 radical (unpaired) electrons. The number of aromatic nitrogens is 2. The van der Waals surface area contributed by atoms with E-state index in [9.17, 15) is 4.79 Å². The number of nitrogen functional groups attached to an aromatic ring is 1. The van der Waals surface area contributed by atoms with E-state index in [0.29, 0.717) is 22.2 Å². The van der Waals surface area contributed by atoms with Crippen molar-refractivity contribution in [1.29, 1.82) is 0 Å². The van der Waals surface area contributed by atoms with Gasteiger partial charge in [-0.3, -0.25) is 0 Å². The molecule has 0 saturated carbocycles. The highest BCUT2D eigenvalue weighted by atomic mass is 32.2. The molecule has 1 aromatic heterocycles. The molecule has 6 nitrogen and oxygen atoms in total. The zero-order valence-corrected chi connectivity index (χ0v) is 14.2. The van der Waals surface area contributed by atoms with E-state index in [4.69, 9.17) is 10.8 Å². The van der Waals surface area contributed by atoms with Crippen LogP contribution in [0.5, 0.6) is 0 Å². The molecule has 0 saturated heterocycles. The maximum Gasteiger partial charge on any atom is 0.335 e. The molecule has 4 N–H and O–H groups in total. The summed E-state index contributed by atoms with van der Waals surface area (Å²) in [5.41, 5.74) is 8.73. The Bertz CT molecular complexity index is 896. The van der Waals surface area contributed by atoms with Crippen molar-refractivity contribution in [3.8, 4) is 0 Å². The van der Waals surface area contributed by atoms with Crippen molar-refractivity contribution in [3.05, 3.63) is 66.0 Å². The minimum absolute atomic E-state index is 0.219. The molecule has 0 aliphatic rings. The van der Waals surface area contributed by atoms with E-state index in [0.717, 1.165) is 4.90 Å². The Labute approximate surface area is 149 Å². The topological polar surface area (TPSA) is 101 Å². The van der Waals surface area contributed by atoms with E-state index in [2.05, 4.69) is 15.3 Å². The molecule has 0 unspecified atom stereocenters. The lowest BCUT2D eigenvalue weighted by Gasteiger charge is -2.11. The van der Waals surface area contributed by atoms with Crippen LogP contribution in [0, 0.1) is 6.92 Å². The van der Waals surface area contributed by atoms with Gasteiger partial charge in [-0.05, 0) is 43.3 Å². The molecule has 0 spiro atoms. The Hall–Kier alpha value is -3.06. The van der Waals surface area contributed by atoms with Gasteiger partial charge in [-0.25, -0.2) is 14.8 Å².